The van der Waals surface area contributed by atoms with Crippen LogP contribution in [0.3, 0.4) is 0 Å². The van der Waals surface area contributed by atoms with Crippen molar-refractivity contribution in [2.75, 3.05) is 12.3 Å². The SMILES string of the molecule is NC(Cc1ccc(O)cc1)C(=O)NCCCS(N)(=O)=O. The van der Waals surface area contributed by atoms with Gasteiger partial charge in [0.15, 0.2) is 0 Å². The molecule has 0 aliphatic rings. The average Bonchev–Trinajstić information content (AvgIpc) is 2.36. The van der Waals surface area contributed by atoms with E-state index in [4.69, 9.17) is 16.0 Å². The molecule has 0 fully saturated rings. The molecule has 1 aromatic rings. The summed E-state index contributed by atoms with van der Waals surface area (Å²) in [7, 11) is -3.50. The molecule has 20 heavy (non-hydrogen) atoms. The molecular weight excluding hydrogens is 282 g/mol. The highest BCUT2D eigenvalue weighted by Crippen LogP contribution is 2.10. The van der Waals surface area contributed by atoms with Crippen LogP contribution in [0.2, 0.25) is 0 Å². The van der Waals surface area contributed by atoms with Crippen molar-refractivity contribution in [3.05, 3.63) is 29.8 Å². The Kier molecular flexibility index (Phi) is 5.93. The maximum atomic E-state index is 11.7. The fourth-order valence-corrected chi connectivity index (χ4v) is 2.14. The van der Waals surface area contributed by atoms with Gasteiger partial charge in [-0.05, 0) is 30.5 Å². The maximum absolute atomic E-state index is 11.7. The van der Waals surface area contributed by atoms with Gasteiger partial charge in [0.05, 0.1) is 11.8 Å². The number of sulfonamides is 1. The average molecular weight is 301 g/mol. The van der Waals surface area contributed by atoms with Gasteiger partial charge in [-0.15, -0.1) is 0 Å². The first kappa shape index (κ1) is 16.4. The van der Waals surface area contributed by atoms with E-state index < -0.39 is 16.1 Å². The number of carbonyl (C=O) groups is 1. The Hall–Kier alpha value is -1.64. The van der Waals surface area contributed by atoms with Gasteiger partial charge in [0, 0.05) is 6.54 Å². The Morgan fingerprint density at radius 3 is 2.45 bits per heavy atom. The minimum atomic E-state index is -3.50. The van der Waals surface area contributed by atoms with Crippen LogP contribution in [0, 0.1) is 0 Å². The number of benzene rings is 1. The van der Waals surface area contributed by atoms with E-state index >= 15 is 0 Å². The molecule has 1 rings (SSSR count). The quantitative estimate of drug-likeness (QED) is 0.482. The van der Waals surface area contributed by atoms with Gasteiger partial charge in [-0.1, -0.05) is 12.1 Å². The van der Waals surface area contributed by atoms with Crippen molar-refractivity contribution in [2.45, 2.75) is 18.9 Å². The molecule has 1 aromatic carbocycles. The van der Waals surface area contributed by atoms with E-state index in [9.17, 15) is 13.2 Å². The van der Waals surface area contributed by atoms with E-state index in [0.717, 1.165) is 5.56 Å². The molecule has 0 bridgehead atoms. The number of rotatable bonds is 7. The number of aromatic hydroxyl groups is 1. The molecule has 0 spiro atoms. The van der Waals surface area contributed by atoms with Crippen molar-refractivity contribution in [1.29, 1.82) is 0 Å². The summed E-state index contributed by atoms with van der Waals surface area (Å²) in [5.41, 5.74) is 6.57. The van der Waals surface area contributed by atoms with E-state index in [-0.39, 0.29) is 30.4 Å². The number of nitrogens with one attached hydrogen (secondary N) is 1. The number of primary sulfonamides is 1. The van der Waals surface area contributed by atoms with E-state index in [0.29, 0.717) is 6.42 Å². The zero-order valence-electron chi connectivity index (χ0n) is 11.0. The minimum absolute atomic E-state index is 0.148. The monoisotopic (exact) mass is 301 g/mol. The second kappa shape index (κ2) is 7.22. The molecule has 1 atom stereocenters. The summed E-state index contributed by atoms with van der Waals surface area (Å²) in [6.45, 7) is 0.207. The minimum Gasteiger partial charge on any atom is -0.508 e. The summed E-state index contributed by atoms with van der Waals surface area (Å²) in [6.07, 6.45) is 0.581. The summed E-state index contributed by atoms with van der Waals surface area (Å²) < 4.78 is 21.4. The Bertz CT molecular complexity index is 542. The Morgan fingerprint density at radius 2 is 1.90 bits per heavy atom. The van der Waals surface area contributed by atoms with Crippen molar-refractivity contribution in [1.82, 2.24) is 5.32 Å². The summed E-state index contributed by atoms with van der Waals surface area (Å²) >= 11 is 0. The van der Waals surface area contributed by atoms with Gasteiger partial charge >= 0.3 is 0 Å². The Labute approximate surface area is 118 Å². The first-order valence-electron chi connectivity index (χ1n) is 6.09. The third kappa shape index (κ3) is 6.50. The number of phenols is 1. The second-order valence-electron chi connectivity index (χ2n) is 4.49. The van der Waals surface area contributed by atoms with Gasteiger partial charge in [-0.3, -0.25) is 4.79 Å². The number of amides is 1. The standard InChI is InChI=1S/C12H19N3O4S/c13-11(8-9-2-4-10(16)5-3-9)12(17)15-6-1-7-20(14,18)19/h2-5,11,16H,1,6-8,13H2,(H,15,17)(H2,14,18,19). The molecule has 6 N–H and O–H groups in total. The second-order valence-corrected chi connectivity index (χ2v) is 6.22. The van der Waals surface area contributed by atoms with Crippen LogP contribution in [0.4, 0.5) is 0 Å². The van der Waals surface area contributed by atoms with E-state index in [2.05, 4.69) is 5.32 Å². The van der Waals surface area contributed by atoms with Crippen LogP contribution >= 0.6 is 0 Å². The van der Waals surface area contributed by atoms with Crippen molar-refractivity contribution >= 4 is 15.9 Å². The summed E-state index contributed by atoms with van der Waals surface area (Å²) in [5, 5.41) is 16.5. The van der Waals surface area contributed by atoms with Crippen molar-refractivity contribution in [2.24, 2.45) is 10.9 Å². The van der Waals surface area contributed by atoms with Crippen LogP contribution in [-0.2, 0) is 21.2 Å². The van der Waals surface area contributed by atoms with Crippen LogP contribution < -0.4 is 16.2 Å². The van der Waals surface area contributed by atoms with E-state index in [1.807, 2.05) is 0 Å². The Morgan fingerprint density at radius 1 is 1.30 bits per heavy atom. The lowest BCUT2D eigenvalue weighted by molar-refractivity contribution is -0.122. The van der Waals surface area contributed by atoms with Gasteiger partial charge in [0.1, 0.15) is 5.75 Å². The van der Waals surface area contributed by atoms with Gasteiger partial charge < -0.3 is 16.2 Å². The van der Waals surface area contributed by atoms with Crippen LogP contribution in [0.1, 0.15) is 12.0 Å². The van der Waals surface area contributed by atoms with Gasteiger partial charge in [-0.2, -0.15) is 0 Å². The lowest BCUT2D eigenvalue weighted by Gasteiger charge is -2.12. The summed E-state index contributed by atoms with van der Waals surface area (Å²) in [5.74, 6) is -0.386. The summed E-state index contributed by atoms with van der Waals surface area (Å²) in [6, 6.07) is 5.68. The molecule has 0 saturated carbocycles. The number of hydrogen-bond acceptors (Lipinski definition) is 5. The number of hydrogen-bond donors (Lipinski definition) is 4. The van der Waals surface area contributed by atoms with Crippen LogP contribution in [0.15, 0.2) is 24.3 Å². The zero-order valence-corrected chi connectivity index (χ0v) is 11.8. The Balaban J connectivity index is 2.34. The lowest BCUT2D eigenvalue weighted by Crippen LogP contribution is -2.42. The molecule has 0 radical (unpaired) electrons. The van der Waals surface area contributed by atoms with Gasteiger partial charge in [0.25, 0.3) is 0 Å². The third-order valence-electron chi connectivity index (χ3n) is 2.63. The highest BCUT2D eigenvalue weighted by Gasteiger charge is 2.13. The molecule has 0 aliphatic heterocycles. The van der Waals surface area contributed by atoms with Crippen LogP contribution in [0.25, 0.3) is 0 Å². The smallest absolute Gasteiger partial charge is 0.237 e. The van der Waals surface area contributed by atoms with Crippen molar-refractivity contribution < 1.29 is 18.3 Å². The van der Waals surface area contributed by atoms with Gasteiger partial charge in [-0.25, -0.2) is 13.6 Å². The topological polar surface area (TPSA) is 136 Å². The molecule has 7 nitrogen and oxygen atoms in total. The predicted octanol–water partition coefficient (Wildman–Crippen LogP) is -0.943. The zero-order chi connectivity index (χ0) is 15.2. The number of carbonyl (C=O) groups excluding carboxylic acids is 1. The molecule has 0 aromatic heterocycles. The van der Waals surface area contributed by atoms with Crippen LogP contribution in [0.5, 0.6) is 5.75 Å². The fraction of sp³-hybridized carbons (Fsp3) is 0.417. The van der Waals surface area contributed by atoms with Crippen LogP contribution in [-0.4, -0.2) is 37.8 Å². The number of nitrogens with two attached hydrogens (primary N) is 2. The van der Waals surface area contributed by atoms with E-state index in [1.54, 1.807) is 12.1 Å². The van der Waals surface area contributed by atoms with Gasteiger partial charge in [0.2, 0.25) is 15.9 Å². The highest BCUT2D eigenvalue weighted by molar-refractivity contribution is 7.89. The molecular formula is C12H19N3O4S. The molecule has 0 aliphatic carbocycles. The van der Waals surface area contributed by atoms with Crippen molar-refractivity contribution in [3.63, 3.8) is 0 Å². The lowest BCUT2D eigenvalue weighted by atomic mass is 10.1. The molecule has 0 heterocycles. The fourth-order valence-electron chi connectivity index (χ4n) is 1.59. The predicted molar refractivity (Wildman–Crippen MR) is 75.4 cm³/mol. The highest BCUT2D eigenvalue weighted by atomic mass is 32.2. The molecule has 1 amide bonds. The third-order valence-corrected chi connectivity index (χ3v) is 3.49. The maximum Gasteiger partial charge on any atom is 0.237 e. The van der Waals surface area contributed by atoms with E-state index in [1.165, 1.54) is 12.1 Å². The molecule has 8 heteroatoms. The largest absolute Gasteiger partial charge is 0.508 e. The first-order chi connectivity index (χ1) is 9.28. The molecule has 1 unspecified atom stereocenters. The molecule has 112 valence electrons. The summed E-state index contributed by atoms with van der Waals surface area (Å²) in [4.78, 5) is 11.7. The number of phenolic OH excluding ortho intramolecular Hbond substituents is 1. The van der Waals surface area contributed by atoms with Crippen molar-refractivity contribution in [3.8, 4) is 5.75 Å². The first-order valence-corrected chi connectivity index (χ1v) is 7.81. The normalized spacial score (nSPS) is 12.9. The molecule has 0 saturated heterocycles.